The van der Waals surface area contributed by atoms with Gasteiger partial charge < -0.3 is 10.0 Å². The van der Waals surface area contributed by atoms with E-state index >= 15 is 0 Å². The number of hydrogen-bond donors (Lipinski definition) is 2. The lowest BCUT2D eigenvalue weighted by molar-refractivity contribution is 0.426. The molecule has 1 aliphatic carbocycles. The summed E-state index contributed by atoms with van der Waals surface area (Å²) in [6, 6.07) is 35.6. The average molecular weight is 458 g/mol. The molecule has 1 aromatic heterocycles. The maximum absolute atomic E-state index is 10.4. The van der Waals surface area contributed by atoms with Crippen LogP contribution in [0.3, 0.4) is 0 Å². The molecule has 0 saturated heterocycles. The summed E-state index contributed by atoms with van der Waals surface area (Å²) < 4.78 is 0.933. The molecule has 2 nitrogen and oxygen atoms in total. The van der Waals surface area contributed by atoms with E-state index in [0.717, 1.165) is 27.6 Å². The van der Waals surface area contributed by atoms with Gasteiger partial charge in [0, 0.05) is 20.4 Å². The van der Waals surface area contributed by atoms with Gasteiger partial charge in [0.1, 0.15) is 0 Å². The van der Waals surface area contributed by atoms with Crippen LogP contribution >= 0.6 is 11.3 Å². The third-order valence-electron chi connectivity index (χ3n) is 6.87. The van der Waals surface area contributed by atoms with Gasteiger partial charge in [0.15, 0.2) is 0 Å². The quantitative estimate of drug-likeness (QED) is 0.325. The Bertz CT molecular complexity index is 1450. The fraction of sp³-hybridized carbons (Fsp3) is 0.0667. The van der Waals surface area contributed by atoms with Crippen molar-refractivity contribution >= 4 is 40.1 Å². The van der Waals surface area contributed by atoms with Gasteiger partial charge in [0.05, 0.1) is 5.41 Å². The summed E-state index contributed by atoms with van der Waals surface area (Å²) in [5.41, 5.74) is 5.92. The predicted molar refractivity (Wildman–Crippen MR) is 144 cm³/mol. The summed E-state index contributed by atoms with van der Waals surface area (Å²) in [4.78, 5) is 1.24. The lowest BCUT2D eigenvalue weighted by Crippen LogP contribution is -2.30. The molecular formula is C30H23BO2S. The first-order valence-electron chi connectivity index (χ1n) is 11.5. The molecule has 5 aromatic rings. The minimum absolute atomic E-state index is 0.332. The molecule has 0 fully saturated rings. The van der Waals surface area contributed by atoms with E-state index in [4.69, 9.17) is 0 Å². The minimum atomic E-state index is -1.54. The van der Waals surface area contributed by atoms with Gasteiger partial charge in [-0.15, -0.1) is 11.3 Å². The van der Waals surface area contributed by atoms with Crippen molar-refractivity contribution in [2.24, 2.45) is 0 Å². The molecule has 0 radical (unpaired) electrons. The molecule has 6 rings (SSSR count). The minimum Gasteiger partial charge on any atom is -0.423 e. The van der Waals surface area contributed by atoms with E-state index in [1.165, 1.54) is 21.6 Å². The largest absolute Gasteiger partial charge is 0.489 e. The first-order valence-corrected chi connectivity index (χ1v) is 12.3. The van der Waals surface area contributed by atoms with Gasteiger partial charge in [-0.2, -0.15) is 0 Å². The number of fused-ring (bicyclic) bond motifs is 3. The Morgan fingerprint density at radius 1 is 0.706 bits per heavy atom. The van der Waals surface area contributed by atoms with Crippen molar-refractivity contribution in [3.63, 3.8) is 0 Å². The van der Waals surface area contributed by atoms with E-state index in [1.54, 1.807) is 11.3 Å². The molecule has 1 heterocycles. The van der Waals surface area contributed by atoms with E-state index in [1.807, 2.05) is 24.3 Å². The Morgan fingerprint density at radius 2 is 1.29 bits per heavy atom. The maximum atomic E-state index is 10.4. The van der Waals surface area contributed by atoms with Crippen LogP contribution in [0, 0.1) is 0 Å². The lowest BCUT2D eigenvalue weighted by Gasteiger charge is -2.36. The second-order valence-corrected chi connectivity index (χ2v) is 9.79. The van der Waals surface area contributed by atoms with Crippen molar-refractivity contribution in [3.05, 3.63) is 131 Å². The molecule has 2 N–H and O–H groups in total. The van der Waals surface area contributed by atoms with Crippen molar-refractivity contribution in [3.8, 4) is 11.1 Å². The molecule has 1 aliphatic rings. The smallest absolute Gasteiger partial charge is 0.423 e. The summed E-state index contributed by atoms with van der Waals surface area (Å²) in [7, 11) is -1.54. The summed E-state index contributed by atoms with van der Waals surface area (Å²) in [5.74, 6) is 0. The fourth-order valence-electron chi connectivity index (χ4n) is 5.27. The highest BCUT2D eigenvalue weighted by atomic mass is 32.1. The Kier molecular flexibility index (Phi) is 5.22. The topological polar surface area (TPSA) is 40.5 Å². The molecule has 34 heavy (non-hydrogen) atoms. The number of rotatable bonds is 4. The molecule has 4 heteroatoms. The van der Waals surface area contributed by atoms with Gasteiger partial charge in [-0.3, -0.25) is 0 Å². The van der Waals surface area contributed by atoms with Crippen molar-refractivity contribution in [1.82, 2.24) is 0 Å². The van der Waals surface area contributed by atoms with E-state index in [0.29, 0.717) is 5.46 Å². The highest BCUT2D eigenvalue weighted by Crippen LogP contribution is 2.52. The van der Waals surface area contributed by atoms with Gasteiger partial charge in [0.2, 0.25) is 0 Å². The summed E-state index contributed by atoms with van der Waals surface area (Å²) in [6.07, 6.45) is 5.32. The third kappa shape index (κ3) is 3.26. The second-order valence-electron chi connectivity index (χ2n) is 8.77. The molecule has 0 amide bonds. The van der Waals surface area contributed by atoms with Crippen LogP contribution in [0.4, 0.5) is 0 Å². The summed E-state index contributed by atoms with van der Waals surface area (Å²) in [6.45, 7) is 0. The number of allylic oxidation sites excluding steroid dienone is 1. The van der Waals surface area contributed by atoms with Gasteiger partial charge in [-0.1, -0.05) is 109 Å². The summed E-state index contributed by atoms with van der Waals surface area (Å²) in [5, 5.41) is 21.8. The second kappa shape index (κ2) is 8.41. The van der Waals surface area contributed by atoms with E-state index in [2.05, 4.69) is 91.0 Å². The Balaban J connectivity index is 1.69. The number of benzene rings is 4. The van der Waals surface area contributed by atoms with Crippen LogP contribution in [-0.4, -0.2) is 17.2 Å². The molecule has 0 atom stereocenters. The average Bonchev–Trinajstić information content (AvgIpc) is 3.28. The molecule has 0 aliphatic heterocycles. The zero-order valence-corrected chi connectivity index (χ0v) is 19.4. The van der Waals surface area contributed by atoms with Crippen LogP contribution in [0.15, 0.2) is 109 Å². The maximum Gasteiger partial charge on any atom is 0.489 e. The number of thiophene rings is 1. The van der Waals surface area contributed by atoms with Gasteiger partial charge >= 0.3 is 7.12 Å². The van der Waals surface area contributed by atoms with Crippen LogP contribution in [0.25, 0.3) is 27.3 Å². The van der Waals surface area contributed by atoms with E-state index in [-0.39, 0.29) is 5.41 Å². The number of hydrogen-bond acceptors (Lipinski definition) is 3. The van der Waals surface area contributed by atoms with Gasteiger partial charge in [-0.25, -0.2) is 0 Å². The first kappa shape index (κ1) is 21.1. The van der Waals surface area contributed by atoms with Crippen molar-refractivity contribution < 1.29 is 10.0 Å². The van der Waals surface area contributed by atoms with Gasteiger partial charge in [-0.05, 0) is 40.3 Å². The Hall–Kier alpha value is -3.44. The Labute approximate surface area is 203 Å². The Morgan fingerprint density at radius 3 is 1.88 bits per heavy atom. The fourth-order valence-corrected chi connectivity index (χ4v) is 6.82. The van der Waals surface area contributed by atoms with Gasteiger partial charge in [0.25, 0.3) is 0 Å². The third-order valence-corrected chi connectivity index (χ3v) is 8.30. The molecule has 0 spiro atoms. The predicted octanol–water partition coefficient (Wildman–Crippen LogP) is 6.00. The SMILES string of the molecule is OB(O)c1cc(-c2ccccc2)cc2c3c(sc12)C(c1ccccc1)(c1ccccc1)CC=C3. The summed E-state index contributed by atoms with van der Waals surface area (Å²) >= 11 is 1.68. The zero-order chi connectivity index (χ0) is 23.1. The van der Waals surface area contributed by atoms with Crippen LogP contribution < -0.4 is 5.46 Å². The highest BCUT2D eigenvalue weighted by Gasteiger charge is 2.41. The van der Waals surface area contributed by atoms with Crippen LogP contribution in [-0.2, 0) is 5.41 Å². The van der Waals surface area contributed by atoms with Crippen LogP contribution in [0.1, 0.15) is 28.0 Å². The van der Waals surface area contributed by atoms with Crippen LogP contribution in [0.5, 0.6) is 0 Å². The molecular weight excluding hydrogens is 435 g/mol. The normalized spacial score (nSPS) is 14.2. The standard InChI is InChI=1S/C30H23BO2S/c32-31(33)27-20-22(21-11-4-1-5-12-21)19-26-25-17-10-18-30(29(25)34-28(26)27,23-13-6-2-7-14-23)24-15-8-3-9-16-24/h1-17,19-20,32-33H,18H2. The zero-order valence-electron chi connectivity index (χ0n) is 18.6. The molecule has 4 aromatic carbocycles. The van der Waals surface area contributed by atoms with Crippen molar-refractivity contribution in [2.75, 3.05) is 0 Å². The van der Waals surface area contributed by atoms with Crippen molar-refractivity contribution in [2.45, 2.75) is 11.8 Å². The first-order chi connectivity index (χ1) is 16.7. The molecule has 0 unspecified atom stereocenters. The van der Waals surface area contributed by atoms with Crippen molar-refractivity contribution in [1.29, 1.82) is 0 Å². The lowest BCUT2D eigenvalue weighted by atomic mass is 9.67. The van der Waals surface area contributed by atoms with E-state index < -0.39 is 7.12 Å². The molecule has 164 valence electrons. The molecule has 0 bridgehead atoms. The van der Waals surface area contributed by atoms with Crippen LogP contribution in [0.2, 0.25) is 0 Å². The van der Waals surface area contributed by atoms with E-state index in [9.17, 15) is 10.0 Å². The molecule has 0 saturated carbocycles. The highest BCUT2D eigenvalue weighted by molar-refractivity contribution is 7.21. The monoisotopic (exact) mass is 458 g/mol.